The Balaban J connectivity index is 2.41. The summed E-state index contributed by atoms with van der Waals surface area (Å²) >= 11 is 0. The van der Waals surface area contributed by atoms with Crippen molar-refractivity contribution in [1.29, 1.82) is 0 Å². The van der Waals surface area contributed by atoms with E-state index in [0.29, 0.717) is 13.0 Å². The van der Waals surface area contributed by atoms with Crippen LogP contribution in [0.15, 0.2) is 23.1 Å². The SMILES string of the molecule is NS(=O)(=O)c1c(OC(F)F)cccc1C(=O)OC1CCO1. The van der Waals surface area contributed by atoms with E-state index in [1.54, 1.807) is 0 Å². The van der Waals surface area contributed by atoms with Crippen molar-refractivity contribution in [2.75, 3.05) is 6.61 Å². The van der Waals surface area contributed by atoms with Crippen LogP contribution >= 0.6 is 0 Å². The van der Waals surface area contributed by atoms with E-state index in [2.05, 4.69) is 4.74 Å². The van der Waals surface area contributed by atoms with Gasteiger partial charge in [0.2, 0.25) is 16.3 Å². The van der Waals surface area contributed by atoms with Gasteiger partial charge in [0.25, 0.3) is 0 Å². The summed E-state index contributed by atoms with van der Waals surface area (Å²) in [7, 11) is -4.48. The van der Waals surface area contributed by atoms with E-state index >= 15 is 0 Å². The Morgan fingerprint density at radius 3 is 2.57 bits per heavy atom. The molecule has 10 heteroatoms. The molecule has 0 saturated carbocycles. The van der Waals surface area contributed by atoms with E-state index in [1.807, 2.05) is 0 Å². The lowest BCUT2D eigenvalue weighted by molar-refractivity contribution is -0.184. The first-order chi connectivity index (χ1) is 9.79. The van der Waals surface area contributed by atoms with Gasteiger partial charge in [-0.05, 0) is 12.1 Å². The van der Waals surface area contributed by atoms with Gasteiger partial charge >= 0.3 is 12.6 Å². The van der Waals surface area contributed by atoms with Crippen LogP contribution in [0.1, 0.15) is 16.8 Å². The minimum absolute atomic E-state index is 0.411. The predicted octanol–water partition coefficient (Wildman–Crippen LogP) is 0.839. The van der Waals surface area contributed by atoms with Crippen LogP contribution in [0.5, 0.6) is 5.75 Å². The van der Waals surface area contributed by atoms with Crippen LogP contribution in [-0.2, 0) is 19.5 Å². The maximum Gasteiger partial charge on any atom is 0.387 e. The Kier molecular flexibility index (Phi) is 4.40. The van der Waals surface area contributed by atoms with Gasteiger partial charge in [0.05, 0.1) is 12.2 Å². The zero-order chi connectivity index (χ0) is 15.6. The molecule has 0 aliphatic carbocycles. The highest BCUT2D eigenvalue weighted by atomic mass is 32.2. The lowest BCUT2D eigenvalue weighted by Gasteiger charge is -2.26. The van der Waals surface area contributed by atoms with Gasteiger partial charge in [-0.25, -0.2) is 18.4 Å². The van der Waals surface area contributed by atoms with Crippen LogP contribution in [0, 0.1) is 0 Å². The van der Waals surface area contributed by atoms with E-state index in [-0.39, 0.29) is 0 Å². The van der Waals surface area contributed by atoms with Crippen molar-refractivity contribution in [3.63, 3.8) is 0 Å². The molecule has 2 rings (SSSR count). The number of primary sulfonamides is 1. The number of hydrogen-bond donors (Lipinski definition) is 1. The first-order valence-electron chi connectivity index (χ1n) is 5.72. The number of hydrogen-bond acceptors (Lipinski definition) is 6. The third-order valence-electron chi connectivity index (χ3n) is 2.60. The summed E-state index contributed by atoms with van der Waals surface area (Å²) in [5.74, 6) is -1.78. The van der Waals surface area contributed by atoms with Crippen molar-refractivity contribution in [3.05, 3.63) is 23.8 Å². The molecule has 21 heavy (non-hydrogen) atoms. The number of nitrogens with two attached hydrogens (primary N) is 1. The maximum absolute atomic E-state index is 12.3. The number of carbonyl (C=O) groups is 1. The summed E-state index contributed by atoms with van der Waals surface area (Å²) in [6.07, 6.45) is -0.325. The van der Waals surface area contributed by atoms with Gasteiger partial charge < -0.3 is 14.2 Å². The van der Waals surface area contributed by atoms with Crippen LogP contribution in [-0.4, -0.2) is 33.9 Å². The first kappa shape index (κ1) is 15.6. The van der Waals surface area contributed by atoms with Crippen LogP contribution < -0.4 is 9.88 Å². The molecule has 1 heterocycles. The first-order valence-corrected chi connectivity index (χ1v) is 7.27. The molecule has 1 aromatic carbocycles. The van der Waals surface area contributed by atoms with Gasteiger partial charge in [-0.3, -0.25) is 0 Å². The van der Waals surface area contributed by atoms with Crippen LogP contribution in [0.2, 0.25) is 0 Å². The van der Waals surface area contributed by atoms with Gasteiger partial charge in [0.15, 0.2) is 0 Å². The Hall–Kier alpha value is -1.78. The summed E-state index contributed by atoms with van der Waals surface area (Å²) in [4.78, 5) is 11.0. The number of halogens is 2. The smallest absolute Gasteiger partial charge is 0.387 e. The number of sulfonamides is 1. The molecular weight excluding hydrogens is 312 g/mol. The van der Waals surface area contributed by atoms with Crippen molar-refractivity contribution >= 4 is 16.0 Å². The standard InChI is InChI=1S/C11H11F2NO6S/c12-11(13)19-7-3-1-2-6(9(7)21(14,16)17)10(15)20-8-4-5-18-8/h1-3,8,11H,4-5H2,(H2,14,16,17). The van der Waals surface area contributed by atoms with Gasteiger partial charge in [-0.15, -0.1) is 0 Å². The van der Waals surface area contributed by atoms with Crippen molar-refractivity contribution in [2.45, 2.75) is 24.2 Å². The molecule has 1 aromatic rings. The molecule has 1 unspecified atom stereocenters. The van der Waals surface area contributed by atoms with Crippen molar-refractivity contribution in [3.8, 4) is 5.75 Å². The minimum Gasteiger partial charge on any atom is -0.433 e. The van der Waals surface area contributed by atoms with E-state index in [0.717, 1.165) is 12.1 Å². The Morgan fingerprint density at radius 1 is 1.43 bits per heavy atom. The molecular formula is C11H11F2NO6S. The number of benzene rings is 1. The summed E-state index contributed by atoms with van der Waals surface area (Å²) in [5, 5.41) is 4.96. The Labute approximate surface area is 118 Å². The lowest BCUT2D eigenvalue weighted by Crippen LogP contribution is -2.32. The van der Waals surface area contributed by atoms with Gasteiger partial charge in [-0.2, -0.15) is 8.78 Å². The van der Waals surface area contributed by atoms with E-state index in [4.69, 9.17) is 14.6 Å². The zero-order valence-corrected chi connectivity index (χ0v) is 11.3. The van der Waals surface area contributed by atoms with Gasteiger partial charge in [-0.1, -0.05) is 6.07 Å². The quantitative estimate of drug-likeness (QED) is 0.805. The highest BCUT2D eigenvalue weighted by Crippen LogP contribution is 2.29. The molecule has 1 aliphatic rings. The number of ether oxygens (including phenoxy) is 3. The summed E-state index contributed by atoms with van der Waals surface area (Å²) in [5.41, 5.74) is -0.494. The molecule has 0 aromatic heterocycles. The third kappa shape index (κ3) is 3.65. The molecule has 2 N–H and O–H groups in total. The molecule has 0 bridgehead atoms. The van der Waals surface area contributed by atoms with Gasteiger partial charge in [0.1, 0.15) is 10.6 Å². The molecule has 1 fully saturated rings. The van der Waals surface area contributed by atoms with Crippen LogP contribution in [0.4, 0.5) is 8.78 Å². The topological polar surface area (TPSA) is 105 Å². The number of esters is 1. The summed E-state index contributed by atoms with van der Waals surface area (Å²) in [6, 6.07) is 3.21. The second kappa shape index (κ2) is 5.92. The predicted molar refractivity (Wildman–Crippen MR) is 64.2 cm³/mol. The highest BCUT2D eigenvalue weighted by molar-refractivity contribution is 7.89. The molecule has 1 atom stereocenters. The maximum atomic E-state index is 12.3. The second-order valence-electron chi connectivity index (χ2n) is 4.05. The average molecular weight is 323 g/mol. The fourth-order valence-corrected chi connectivity index (χ4v) is 2.50. The van der Waals surface area contributed by atoms with Crippen molar-refractivity contribution < 1.29 is 36.2 Å². The van der Waals surface area contributed by atoms with Crippen LogP contribution in [0.3, 0.4) is 0 Å². The number of rotatable bonds is 5. The van der Waals surface area contributed by atoms with E-state index < -0.39 is 45.1 Å². The summed E-state index contributed by atoms with van der Waals surface area (Å²) < 4.78 is 61.5. The summed E-state index contributed by atoms with van der Waals surface area (Å²) in [6.45, 7) is -2.86. The zero-order valence-electron chi connectivity index (χ0n) is 10.5. The van der Waals surface area contributed by atoms with E-state index in [1.165, 1.54) is 6.07 Å². The fraction of sp³-hybridized carbons (Fsp3) is 0.364. The molecule has 0 radical (unpaired) electrons. The molecule has 7 nitrogen and oxygen atoms in total. The lowest BCUT2D eigenvalue weighted by atomic mass is 10.2. The van der Waals surface area contributed by atoms with Crippen molar-refractivity contribution in [2.24, 2.45) is 5.14 Å². The van der Waals surface area contributed by atoms with Crippen molar-refractivity contribution in [1.82, 2.24) is 0 Å². The number of carbonyl (C=O) groups excluding carboxylic acids is 1. The molecule has 0 amide bonds. The van der Waals surface area contributed by atoms with Gasteiger partial charge in [0, 0.05) is 6.42 Å². The molecule has 1 aliphatic heterocycles. The fourth-order valence-electron chi connectivity index (χ4n) is 1.65. The normalized spacial score (nSPS) is 18.2. The highest BCUT2D eigenvalue weighted by Gasteiger charge is 2.30. The second-order valence-corrected chi connectivity index (χ2v) is 5.55. The minimum atomic E-state index is -4.48. The molecule has 116 valence electrons. The van der Waals surface area contributed by atoms with E-state index in [9.17, 15) is 22.0 Å². The molecule has 0 spiro atoms. The average Bonchev–Trinajstić information content (AvgIpc) is 2.31. The van der Waals surface area contributed by atoms with Crippen LogP contribution in [0.25, 0.3) is 0 Å². The largest absolute Gasteiger partial charge is 0.433 e. The number of alkyl halides is 2. The monoisotopic (exact) mass is 323 g/mol. The Bertz CT molecular complexity index is 644. The third-order valence-corrected chi connectivity index (χ3v) is 3.59. The Morgan fingerprint density at radius 2 is 2.10 bits per heavy atom. The molecule has 1 saturated heterocycles.